The second-order valence-electron chi connectivity index (χ2n) is 8.27. The fourth-order valence-corrected chi connectivity index (χ4v) is 4.20. The van der Waals surface area contributed by atoms with Gasteiger partial charge in [-0.2, -0.15) is 0 Å². The number of rotatable bonds is 7. The Kier molecular flexibility index (Phi) is 7.38. The average molecular weight is 483 g/mol. The summed E-state index contributed by atoms with van der Waals surface area (Å²) in [5.74, 6) is -2.36. The maximum atomic E-state index is 15.2. The quantitative estimate of drug-likeness (QED) is 0.140. The van der Waals surface area contributed by atoms with Gasteiger partial charge < -0.3 is 0 Å². The Bertz CT molecular complexity index is 1350. The van der Waals surface area contributed by atoms with Crippen molar-refractivity contribution in [3.8, 4) is 11.1 Å². The van der Waals surface area contributed by atoms with E-state index < -0.39 is 22.5 Å². The van der Waals surface area contributed by atoms with Crippen LogP contribution in [0.2, 0.25) is 5.02 Å². The van der Waals surface area contributed by atoms with E-state index in [1.54, 1.807) is 42.5 Å². The Morgan fingerprint density at radius 1 is 0.735 bits per heavy atom. The molecule has 0 bridgehead atoms. The van der Waals surface area contributed by atoms with E-state index in [-0.39, 0.29) is 18.7 Å². The van der Waals surface area contributed by atoms with Crippen molar-refractivity contribution in [1.29, 1.82) is 0 Å². The molecule has 0 spiro atoms. The molecule has 4 aromatic carbocycles. The van der Waals surface area contributed by atoms with Crippen LogP contribution in [0.15, 0.2) is 72.8 Å². The maximum absolute atomic E-state index is 15.2. The minimum atomic E-state index is -0.832. The van der Waals surface area contributed by atoms with E-state index in [2.05, 4.69) is 0 Å². The summed E-state index contributed by atoms with van der Waals surface area (Å²) >= 11 is 5.52. The Labute approximate surface area is 201 Å². The lowest BCUT2D eigenvalue weighted by Gasteiger charge is -2.11. The lowest BCUT2D eigenvalue weighted by Crippen LogP contribution is -1.98. The molecular formula is C29H23ClF4. The standard InChI is InChI=1S/C29H23ClF4/c1-2-3-4-5-18-7-12-23(25(31)14-18)21-11-13-24-22(17-21)10-9-20(29(24)34)8-6-19-15-26(32)28(30)27(33)16-19/h2-3,7,9-17H,4-6,8H2,1H3/b3-2+. The molecule has 0 heterocycles. The number of hydrogen-bond donors (Lipinski definition) is 0. The van der Waals surface area contributed by atoms with Gasteiger partial charge in [0.05, 0.1) is 0 Å². The highest BCUT2D eigenvalue weighted by molar-refractivity contribution is 6.30. The Balaban J connectivity index is 1.56. The molecule has 0 atom stereocenters. The molecule has 0 aliphatic rings. The van der Waals surface area contributed by atoms with Crippen LogP contribution >= 0.6 is 11.6 Å². The minimum absolute atomic E-state index is 0.261. The lowest BCUT2D eigenvalue weighted by atomic mass is 9.96. The third-order valence-corrected chi connectivity index (χ3v) is 6.30. The molecule has 0 N–H and O–H groups in total. The topological polar surface area (TPSA) is 0 Å². The highest BCUT2D eigenvalue weighted by Crippen LogP contribution is 2.30. The normalized spacial score (nSPS) is 11.6. The molecule has 0 saturated heterocycles. The van der Waals surface area contributed by atoms with Crippen LogP contribution in [-0.4, -0.2) is 0 Å². The van der Waals surface area contributed by atoms with Gasteiger partial charge in [0.1, 0.15) is 28.3 Å². The third kappa shape index (κ3) is 5.18. The number of fused-ring (bicyclic) bond motifs is 1. The summed E-state index contributed by atoms with van der Waals surface area (Å²) in [4.78, 5) is 0. The van der Waals surface area contributed by atoms with Crippen molar-refractivity contribution in [1.82, 2.24) is 0 Å². The van der Waals surface area contributed by atoms with Gasteiger partial charge in [0.15, 0.2) is 0 Å². The van der Waals surface area contributed by atoms with Crippen LogP contribution in [0.5, 0.6) is 0 Å². The second kappa shape index (κ2) is 10.4. The lowest BCUT2D eigenvalue weighted by molar-refractivity contribution is 0.579. The molecule has 174 valence electrons. The first kappa shape index (κ1) is 24.0. The van der Waals surface area contributed by atoms with Gasteiger partial charge in [-0.3, -0.25) is 0 Å². The van der Waals surface area contributed by atoms with Crippen molar-refractivity contribution >= 4 is 22.4 Å². The van der Waals surface area contributed by atoms with Gasteiger partial charge >= 0.3 is 0 Å². The van der Waals surface area contributed by atoms with E-state index in [0.717, 1.165) is 30.5 Å². The number of benzene rings is 4. The van der Waals surface area contributed by atoms with Crippen LogP contribution in [0.4, 0.5) is 17.6 Å². The molecular weight excluding hydrogens is 460 g/mol. The fourth-order valence-electron chi connectivity index (χ4n) is 4.09. The molecule has 0 amide bonds. The molecule has 0 unspecified atom stereocenters. The van der Waals surface area contributed by atoms with E-state index in [0.29, 0.717) is 33.0 Å². The number of hydrogen-bond acceptors (Lipinski definition) is 0. The molecule has 0 aliphatic carbocycles. The highest BCUT2D eigenvalue weighted by Gasteiger charge is 2.13. The van der Waals surface area contributed by atoms with E-state index in [4.69, 9.17) is 11.6 Å². The van der Waals surface area contributed by atoms with Crippen LogP contribution < -0.4 is 0 Å². The molecule has 0 nitrogen and oxygen atoms in total. The first-order valence-corrected chi connectivity index (χ1v) is 11.5. The van der Waals surface area contributed by atoms with Gasteiger partial charge in [0.2, 0.25) is 0 Å². The van der Waals surface area contributed by atoms with Crippen molar-refractivity contribution < 1.29 is 17.6 Å². The van der Waals surface area contributed by atoms with E-state index in [1.807, 2.05) is 25.1 Å². The first-order valence-electron chi connectivity index (χ1n) is 11.1. The van der Waals surface area contributed by atoms with Crippen LogP contribution in [0.25, 0.3) is 21.9 Å². The van der Waals surface area contributed by atoms with Gasteiger partial charge in [0.25, 0.3) is 0 Å². The smallest absolute Gasteiger partial charge is 0.145 e. The molecule has 0 aromatic heterocycles. The largest absolute Gasteiger partial charge is 0.206 e. The summed E-state index contributed by atoms with van der Waals surface area (Å²) < 4.78 is 57.3. The SMILES string of the molecule is C/C=C/CCc1ccc(-c2ccc3c(F)c(CCc4cc(F)c(Cl)c(F)c4)ccc3c2)c(F)c1. The molecule has 5 heteroatoms. The summed E-state index contributed by atoms with van der Waals surface area (Å²) in [6, 6.07) is 16.1. The predicted octanol–water partition coefficient (Wildman–Crippen LogP) is 9.01. The van der Waals surface area contributed by atoms with Gasteiger partial charge in [0, 0.05) is 10.9 Å². The van der Waals surface area contributed by atoms with Crippen molar-refractivity contribution in [3.63, 3.8) is 0 Å². The summed E-state index contributed by atoms with van der Waals surface area (Å²) in [5, 5.41) is 0.521. The van der Waals surface area contributed by atoms with Crippen LogP contribution in [0, 0.1) is 23.3 Å². The molecule has 0 radical (unpaired) electrons. The molecule has 4 rings (SSSR count). The highest BCUT2D eigenvalue weighted by atomic mass is 35.5. The predicted molar refractivity (Wildman–Crippen MR) is 131 cm³/mol. The van der Waals surface area contributed by atoms with Gasteiger partial charge in [-0.25, -0.2) is 17.6 Å². The van der Waals surface area contributed by atoms with Gasteiger partial charge in [-0.05, 0) is 84.5 Å². The maximum Gasteiger partial charge on any atom is 0.145 e. The van der Waals surface area contributed by atoms with Crippen LogP contribution in [0.1, 0.15) is 30.0 Å². The zero-order valence-corrected chi connectivity index (χ0v) is 19.4. The molecule has 0 saturated carbocycles. The molecule has 4 aromatic rings. The number of aryl methyl sites for hydroxylation is 3. The van der Waals surface area contributed by atoms with Crippen LogP contribution in [0.3, 0.4) is 0 Å². The van der Waals surface area contributed by atoms with Crippen molar-refractivity contribution in [2.45, 2.75) is 32.6 Å². The summed E-state index contributed by atoms with van der Waals surface area (Å²) in [5.41, 5.74) is 2.90. The average Bonchev–Trinajstić information content (AvgIpc) is 2.82. The third-order valence-electron chi connectivity index (χ3n) is 5.94. The Hall–Kier alpha value is -3.11. The fraction of sp³-hybridized carbons (Fsp3) is 0.172. The van der Waals surface area contributed by atoms with Crippen molar-refractivity contribution in [2.24, 2.45) is 0 Å². The molecule has 34 heavy (non-hydrogen) atoms. The second-order valence-corrected chi connectivity index (χ2v) is 8.65. The number of allylic oxidation sites excluding steroid dienone is 2. The van der Waals surface area contributed by atoms with Gasteiger partial charge in [-0.15, -0.1) is 0 Å². The van der Waals surface area contributed by atoms with Crippen LogP contribution in [-0.2, 0) is 19.3 Å². The molecule has 0 fully saturated rings. The first-order chi connectivity index (χ1) is 16.4. The monoisotopic (exact) mass is 482 g/mol. The number of halogens is 5. The Morgan fingerprint density at radius 3 is 2.18 bits per heavy atom. The molecule has 0 aliphatic heterocycles. The zero-order valence-electron chi connectivity index (χ0n) is 18.6. The minimum Gasteiger partial charge on any atom is -0.206 e. The van der Waals surface area contributed by atoms with E-state index in [1.165, 1.54) is 0 Å². The van der Waals surface area contributed by atoms with E-state index >= 15 is 4.39 Å². The summed E-state index contributed by atoms with van der Waals surface area (Å²) in [7, 11) is 0. The summed E-state index contributed by atoms with van der Waals surface area (Å²) in [6.45, 7) is 1.96. The van der Waals surface area contributed by atoms with Crippen molar-refractivity contribution in [2.75, 3.05) is 0 Å². The van der Waals surface area contributed by atoms with E-state index in [9.17, 15) is 13.2 Å². The zero-order chi connectivity index (χ0) is 24.2. The summed E-state index contributed by atoms with van der Waals surface area (Å²) in [6.07, 6.45) is 6.17. The van der Waals surface area contributed by atoms with Crippen molar-refractivity contribution in [3.05, 3.63) is 118 Å². The van der Waals surface area contributed by atoms with Gasteiger partial charge in [-0.1, -0.05) is 60.2 Å². The Morgan fingerprint density at radius 2 is 1.47 bits per heavy atom.